The normalized spacial score (nSPS) is 24.2. The van der Waals surface area contributed by atoms with Crippen molar-refractivity contribution >= 4 is 20.1 Å². The van der Waals surface area contributed by atoms with E-state index < -0.39 is 8.32 Å². The van der Waals surface area contributed by atoms with Crippen molar-refractivity contribution < 1.29 is 4.43 Å². The van der Waals surface area contributed by atoms with E-state index in [2.05, 4.69) is 39.2 Å². The van der Waals surface area contributed by atoms with Crippen LogP contribution in [0.15, 0.2) is 0 Å². The Kier molecular flexibility index (Phi) is 4.71. The number of hydrogen-bond acceptors (Lipinski definition) is 3. The highest BCUT2D eigenvalue weighted by Gasteiger charge is 2.37. The molecule has 0 aromatic heterocycles. The first-order valence-corrected chi connectivity index (χ1v) is 9.84. The van der Waals surface area contributed by atoms with Crippen LogP contribution in [0.5, 0.6) is 0 Å². The molecular weight excluding hydrogens is 222 g/mol. The van der Waals surface area contributed by atoms with E-state index in [1.165, 1.54) is 11.5 Å². The predicted molar refractivity (Wildman–Crippen MR) is 72.3 cm³/mol. The maximum Gasteiger partial charge on any atom is 0.192 e. The van der Waals surface area contributed by atoms with Crippen LogP contribution in [0.1, 0.15) is 20.8 Å². The quantitative estimate of drug-likeness (QED) is 0.775. The molecule has 0 spiro atoms. The minimum Gasteiger partial charge on any atom is -0.415 e. The molecule has 1 unspecified atom stereocenters. The van der Waals surface area contributed by atoms with E-state index in [-0.39, 0.29) is 0 Å². The first kappa shape index (κ1) is 13.6. The molecule has 1 aliphatic heterocycles. The molecule has 90 valence electrons. The highest BCUT2D eigenvalue weighted by molar-refractivity contribution is 7.99. The third kappa shape index (κ3) is 4.09. The zero-order valence-corrected chi connectivity index (χ0v) is 12.5. The van der Waals surface area contributed by atoms with E-state index in [4.69, 9.17) is 4.43 Å². The molecule has 1 fully saturated rings. The molecule has 4 heteroatoms. The number of thioether (sulfide) groups is 1. The van der Waals surface area contributed by atoms with E-state index in [1.807, 2.05) is 11.8 Å². The molecule has 0 saturated carbocycles. The fourth-order valence-corrected chi connectivity index (χ4v) is 3.23. The van der Waals surface area contributed by atoms with Gasteiger partial charge < -0.3 is 9.74 Å². The van der Waals surface area contributed by atoms with E-state index in [1.54, 1.807) is 0 Å². The van der Waals surface area contributed by atoms with Gasteiger partial charge in [-0.05, 0) is 18.1 Å². The second kappa shape index (κ2) is 5.21. The van der Waals surface area contributed by atoms with Crippen LogP contribution >= 0.6 is 11.8 Å². The maximum atomic E-state index is 6.20. The Labute approximate surface area is 99.7 Å². The summed E-state index contributed by atoms with van der Waals surface area (Å²) in [5, 5.41) is 3.85. The van der Waals surface area contributed by atoms with Gasteiger partial charge in [-0.15, -0.1) is 0 Å². The fourth-order valence-electron chi connectivity index (χ4n) is 1.25. The van der Waals surface area contributed by atoms with Gasteiger partial charge in [0.15, 0.2) is 8.32 Å². The molecule has 0 aromatic rings. The van der Waals surface area contributed by atoms with E-state index in [9.17, 15) is 0 Å². The van der Waals surface area contributed by atoms with Gasteiger partial charge in [0.2, 0.25) is 0 Å². The van der Waals surface area contributed by atoms with Gasteiger partial charge in [-0.1, -0.05) is 20.8 Å². The molecule has 15 heavy (non-hydrogen) atoms. The number of nitrogens with one attached hydrogen (secondary N) is 1. The molecule has 0 aliphatic carbocycles. The molecule has 2 nitrogen and oxygen atoms in total. The Morgan fingerprint density at radius 1 is 1.40 bits per heavy atom. The maximum absolute atomic E-state index is 6.20. The summed E-state index contributed by atoms with van der Waals surface area (Å²) in [7, 11) is -1.54. The lowest BCUT2D eigenvalue weighted by atomic mass is 10.2. The van der Waals surface area contributed by atoms with Gasteiger partial charge in [-0.25, -0.2) is 0 Å². The minimum absolute atomic E-state index is 0.328. The number of rotatable bonds is 3. The van der Waals surface area contributed by atoms with Gasteiger partial charge in [0.05, 0.1) is 6.61 Å². The Hall–Kier alpha value is 0.487. The van der Waals surface area contributed by atoms with Gasteiger partial charge in [0.1, 0.15) is 0 Å². The van der Waals surface area contributed by atoms with Crippen LogP contribution in [0.3, 0.4) is 0 Å². The SMILES string of the molecule is CC(C)(C)[Si](C)(C)OCC1CSCCN1. The topological polar surface area (TPSA) is 21.3 Å². The molecule has 1 N–H and O–H groups in total. The molecule has 0 radical (unpaired) electrons. The van der Waals surface area contributed by atoms with Gasteiger partial charge in [-0.2, -0.15) is 11.8 Å². The summed E-state index contributed by atoms with van der Waals surface area (Å²) < 4.78 is 6.20. The molecule has 0 amide bonds. The van der Waals surface area contributed by atoms with Crippen molar-refractivity contribution in [3.8, 4) is 0 Å². The molecule has 0 aromatic carbocycles. The smallest absolute Gasteiger partial charge is 0.192 e. The van der Waals surface area contributed by atoms with Crippen LogP contribution in [0.4, 0.5) is 0 Å². The minimum atomic E-state index is -1.54. The van der Waals surface area contributed by atoms with Crippen LogP contribution in [0.2, 0.25) is 18.1 Å². The van der Waals surface area contributed by atoms with Crippen molar-refractivity contribution in [2.75, 3.05) is 24.7 Å². The lowest BCUT2D eigenvalue weighted by molar-refractivity contribution is 0.252. The molecule has 1 aliphatic rings. The van der Waals surface area contributed by atoms with Crippen molar-refractivity contribution in [1.82, 2.24) is 5.32 Å². The molecule has 1 heterocycles. The first-order chi connectivity index (χ1) is 6.83. The Balaban J connectivity index is 2.35. The first-order valence-electron chi connectivity index (χ1n) is 5.78. The summed E-state index contributed by atoms with van der Waals surface area (Å²) in [6, 6.07) is 0.567. The van der Waals surface area contributed by atoms with Crippen LogP contribution in [-0.2, 0) is 4.43 Å². The average Bonchev–Trinajstić information content (AvgIpc) is 2.15. The summed E-state index contributed by atoms with van der Waals surface area (Å²) in [4.78, 5) is 0. The molecule has 0 bridgehead atoms. The average molecular weight is 247 g/mol. The zero-order chi connectivity index (χ0) is 11.5. The predicted octanol–water partition coefficient (Wildman–Crippen LogP) is 2.71. The third-order valence-corrected chi connectivity index (χ3v) is 9.08. The van der Waals surface area contributed by atoms with Gasteiger partial charge in [-0.3, -0.25) is 0 Å². The second-order valence-corrected chi connectivity index (χ2v) is 11.8. The molecule has 1 rings (SSSR count). The van der Waals surface area contributed by atoms with Gasteiger partial charge in [0, 0.05) is 24.1 Å². The summed E-state index contributed by atoms with van der Waals surface area (Å²) in [6.07, 6.45) is 0. The van der Waals surface area contributed by atoms with E-state index in [0.29, 0.717) is 11.1 Å². The highest BCUT2D eigenvalue weighted by atomic mass is 32.2. The lowest BCUT2D eigenvalue weighted by Crippen LogP contribution is -2.47. The monoisotopic (exact) mass is 247 g/mol. The Morgan fingerprint density at radius 2 is 2.07 bits per heavy atom. The third-order valence-electron chi connectivity index (χ3n) is 3.45. The van der Waals surface area contributed by atoms with E-state index in [0.717, 1.165) is 13.2 Å². The van der Waals surface area contributed by atoms with Crippen molar-refractivity contribution in [2.24, 2.45) is 0 Å². The second-order valence-electron chi connectivity index (χ2n) is 5.80. The molecular formula is C11H25NOSSi. The molecule has 1 saturated heterocycles. The van der Waals surface area contributed by atoms with Crippen molar-refractivity contribution in [2.45, 2.75) is 44.9 Å². The van der Waals surface area contributed by atoms with E-state index >= 15 is 0 Å². The summed E-state index contributed by atoms with van der Waals surface area (Å²) in [5.74, 6) is 2.45. The van der Waals surface area contributed by atoms with Crippen molar-refractivity contribution in [1.29, 1.82) is 0 Å². The van der Waals surface area contributed by atoms with Gasteiger partial charge in [0.25, 0.3) is 0 Å². The highest BCUT2D eigenvalue weighted by Crippen LogP contribution is 2.36. The lowest BCUT2D eigenvalue weighted by Gasteiger charge is -2.37. The van der Waals surface area contributed by atoms with Crippen LogP contribution in [0, 0.1) is 0 Å². The van der Waals surface area contributed by atoms with Crippen molar-refractivity contribution in [3.63, 3.8) is 0 Å². The zero-order valence-electron chi connectivity index (χ0n) is 10.7. The summed E-state index contributed by atoms with van der Waals surface area (Å²) in [5.41, 5.74) is 0. The van der Waals surface area contributed by atoms with Gasteiger partial charge >= 0.3 is 0 Å². The van der Waals surface area contributed by atoms with Crippen molar-refractivity contribution in [3.05, 3.63) is 0 Å². The fraction of sp³-hybridized carbons (Fsp3) is 1.00. The Bertz CT molecular complexity index is 197. The van der Waals surface area contributed by atoms with Crippen LogP contribution in [0.25, 0.3) is 0 Å². The Morgan fingerprint density at radius 3 is 2.53 bits per heavy atom. The largest absolute Gasteiger partial charge is 0.415 e. The molecule has 1 atom stereocenters. The summed E-state index contributed by atoms with van der Waals surface area (Å²) >= 11 is 2.03. The number of hydrogen-bond donors (Lipinski definition) is 1. The van der Waals surface area contributed by atoms with Crippen LogP contribution < -0.4 is 5.32 Å². The standard InChI is InChI=1S/C11H25NOSSi/c1-11(2,3)15(4,5)13-8-10-9-14-7-6-12-10/h10,12H,6-9H2,1-5H3. The summed E-state index contributed by atoms with van der Waals surface area (Å²) in [6.45, 7) is 13.6. The van der Waals surface area contributed by atoms with Crippen LogP contribution in [-0.4, -0.2) is 39.0 Å².